The summed E-state index contributed by atoms with van der Waals surface area (Å²) in [5.41, 5.74) is 0.0421. The summed E-state index contributed by atoms with van der Waals surface area (Å²) in [7, 11) is 0. The van der Waals surface area contributed by atoms with Gasteiger partial charge in [0.2, 0.25) is 11.8 Å². The van der Waals surface area contributed by atoms with Gasteiger partial charge < -0.3 is 24.5 Å². The van der Waals surface area contributed by atoms with E-state index in [1.807, 2.05) is 0 Å². The van der Waals surface area contributed by atoms with Gasteiger partial charge in [-0.1, -0.05) is 6.07 Å². The van der Waals surface area contributed by atoms with Gasteiger partial charge in [-0.2, -0.15) is 0 Å². The third kappa shape index (κ3) is 3.99. The Morgan fingerprint density at radius 1 is 1.50 bits per heavy atom. The number of carbonyl (C=O) groups excluding carboxylic acids is 2. The first kappa shape index (κ1) is 17.9. The number of piperazine rings is 1. The molecule has 0 bridgehead atoms. The van der Waals surface area contributed by atoms with Gasteiger partial charge in [0.1, 0.15) is 23.9 Å². The van der Waals surface area contributed by atoms with E-state index in [-0.39, 0.29) is 37.1 Å². The number of nitrogens with one attached hydrogen (secondary N) is 1. The lowest BCUT2D eigenvalue weighted by molar-refractivity contribution is -0.128. The molecule has 2 aromatic rings. The van der Waals surface area contributed by atoms with Gasteiger partial charge in [-0.3, -0.25) is 9.59 Å². The molecule has 1 aliphatic rings. The molecule has 0 radical (unpaired) electrons. The smallest absolute Gasteiger partial charge is 0.276 e. The van der Waals surface area contributed by atoms with Gasteiger partial charge in [0.15, 0.2) is 12.3 Å². The summed E-state index contributed by atoms with van der Waals surface area (Å²) < 4.78 is 23.7. The lowest BCUT2D eigenvalue weighted by atomic mass is 10.1. The van der Waals surface area contributed by atoms with E-state index >= 15 is 0 Å². The number of aliphatic hydroxyl groups excluding tert-OH is 1. The van der Waals surface area contributed by atoms with Crippen molar-refractivity contribution in [1.29, 1.82) is 0 Å². The van der Waals surface area contributed by atoms with Gasteiger partial charge in [-0.25, -0.2) is 9.37 Å². The number of amides is 2. The van der Waals surface area contributed by atoms with Crippen molar-refractivity contribution >= 4 is 11.8 Å². The first-order valence-electron chi connectivity index (χ1n) is 8.11. The maximum Gasteiger partial charge on any atom is 0.276 e. The quantitative estimate of drug-likeness (QED) is 0.783. The lowest BCUT2D eigenvalue weighted by Gasteiger charge is -2.34. The Kier molecular flexibility index (Phi) is 5.47. The number of carbonyl (C=O) groups is 2. The van der Waals surface area contributed by atoms with Gasteiger partial charge in [0.25, 0.3) is 5.91 Å². The summed E-state index contributed by atoms with van der Waals surface area (Å²) in [6.45, 7) is 0.363. The van der Waals surface area contributed by atoms with E-state index in [4.69, 9.17) is 14.3 Å². The zero-order chi connectivity index (χ0) is 18.5. The molecule has 9 heteroatoms. The summed E-state index contributed by atoms with van der Waals surface area (Å²) in [6, 6.07) is 4.87. The van der Waals surface area contributed by atoms with Crippen LogP contribution in [0.15, 0.2) is 34.9 Å². The van der Waals surface area contributed by atoms with E-state index in [2.05, 4.69) is 10.3 Å². The van der Waals surface area contributed by atoms with E-state index in [0.29, 0.717) is 18.8 Å². The molecule has 138 valence electrons. The molecule has 2 heterocycles. The Hall–Kier alpha value is -2.94. The number of halogens is 1. The minimum Gasteiger partial charge on any atom is -0.484 e. The molecule has 1 fully saturated rings. The fourth-order valence-electron chi connectivity index (χ4n) is 2.69. The van der Waals surface area contributed by atoms with Crippen molar-refractivity contribution < 1.29 is 28.2 Å². The highest BCUT2D eigenvalue weighted by molar-refractivity contribution is 5.96. The summed E-state index contributed by atoms with van der Waals surface area (Å²) in [5, 5.41) is 11.8. The van der Waals surface area contributed by atoms with Crippen LogP contribution in [0.4, 0.5) is 4.39 Å². The van der Waals surface area contributed by atoms with E-state index in [1.54, 1.807) is 6.07 Å². The topological polar surface area (TPSA) is 105 Å². The predicted molar refractivity (Wildman–Crippen MR) is 86.8 cm³/mol. The number of aliphatic hydroxyl groups is 1. The Labute approximate surface area is 148 Å². The lowest BCUT2D eigenvalue weighted by Crippen LogP contribution is -2.57. The molecule has 0 unspecified atom stereocenters. The zero-order valence-corrected chi connectivity index (χ0v) is 13.9. The molecule has 1 atom stereocenters. The van der Waals surface area contributed by atoms with Crippen LogP contribution in [0.1, 0.15) is 22.8 Å². The normalized spacial score (nSPS) is 17.1. The monoisotopic (exact) mass is 363 g/mol. The van der Waals surface area contributed by atoms with Crippen molar-refractivity contribution in [2.75, 3.05) is 19.7 Å². The van der Waals surface area contributed by atoms with Crippen LogP contribution in [0.3, 0.4) is 0 Å². The number of benzene rings is 1. The molecule has 2 amide bonds. The third-order valence-electron chi connectivity index (χ3n) is 3.92. The van der Waals surface area contributed by atoms with Gasteiger partial charge in [0.05, 0.1) is 0 Å². The SMILES string of the molecule is O=C1NCCN(C(=O)c2coc(COc3cccc(F)c3)n2)[C@@H]1CCO. The first-order valence-corrected chi connectivity index (χ1v) is 8.11. The molecule has 0 spiro atoms. The highest BCUT2D eigenvalue weighted by Gasteiger charge is 2.34. The standard InChI is InChI=1S/C17H18FN3O5/c18-11-2-1-3-12(8-11)25-10-15-20-13(9-26-15)17(24)21-6-5-19-16(23)14(21)4-7-22/h1-3,8-9,14,22H,4-7,10H2,(H,19,23)/t14-/m1/s1. The Balaban J connectivity index is 1.66. The number of oxazole rings is 1. The van der Waals surface area contributed by atoms with Gasteiger partial charge >= 0.3 is 0 Å². The highest BCUT2D eigenvalue weighted by atomic mass is 19.1. The first-order chi connectivity index (χ1) is 12.6. The van der Waals surface area contributed by atoms with E-state index in [1.165, 1.54) is 29.4 Å². The Morgan fingerprint density at radius 3 is 3.12 bits per heavy atom. The Bertz CT molecular complexity index is 794. The minimum atomic E-state index is -0.745. The fourth-order valence-corrected chi connectivity index (χ4v) is 2.69. The largest absolute Gasteiger partial charge is 0.484 e. The van der Waals surface area contributed by atoms with Crippen LogP contribution in [0.2, 0.25) is 0 Å². The number of hydrogen-bond acceptors (Lipinski definition) is 6. The van der Waals surface area contributed by atoms with Gasteiger partial charge in [-0.15, -0.1) is 0 Å². The summed E-state index contributed by atoms with van der Waals surface area (Å²) >= 11 is 0. The predicted octanol–water partition coefficient (Wildman–Crippen LogP) is 0.716. The molecule has 8 nitrogen and oxygen atoms in total. The van der Waals surface area contributed by atoms with Crippen LogP contribution in [-0.2, 0) is 11.4 Å². The molecule has 1 aliphatic heterocycles. The van der Waals surface area contributed by atoms with Gasteiger partial charge in [0, 0.05) is 25.8 Å². The van der Waals surface area contributed by atoms with Crippen molar-refractivity contribution in [2.24, 2.45) is 0 Å². The number of rotatable bonds is 6. The van der Waals surface area contributed by atoms with Crippen LogP contribution in [0.5, 0.6) is 5.75 Å². The molecule has 1 aromatic carbocycles. The van der Waals surface area contributed by atoms with Crippen molar-refractivity contribution in [1.82, 2.24) is 15.2 Å². The molecule has 1 aromatic heterocycles. The number of hydrogen-bond donors (Lipinski definition) is 2. The van der Waals surface area contributed by atoms with Crippen LogP contribution < -0.4 is 10.1 Å². The van der Waals surface area contributed by atoms with Crippen molar-refractivity contribution in [3.05, 3.63) is 47.9 Å². The molecular formula is C17H18FN3O5. The van der Waals surface area contributed by atoms with E-state index in [9.17, 15) is 14.0 Å². The average molecular weight is 363 g/mol. The molecule has 0 aliphatic carbocycles. The highest BCUT2D eigenvalue weighted by Crippen LogP contribution is 2.16. The molecule has 0 saturated carbocycles. The summed E-state index contributed by atoms with van der Waals surface area (Å²) in [6.07, 6.45) is 1.33. The number of aromatic nitrogens is 1. The maximum atomic E-state index is 13.1. The second-order valence-corrected chi connectivity index (χ2v) is 5.69. The van der Waals surface area contributed by atoms with Crippen LogP contribution in [-0.4, -0.2) is 52.5 Å². The molecule has 2 N–H and O–H groups in total. The van der Waals surface area contributed by atoms with Crippen LogP contribution >= 0.6 is 0 Å². The van der Waals surface area contributed by atoms with E-state index in [0.717, 1.165) is 0 Å². The fraction of sp³-hybridized carbons (Fsp3) is 0.353. The number of nitrogens with zero attached hydrogens (tertiary/aromatic N) is 2. The summed E-state index contributed by atoms with van der Waals surface area (Å²) in [4.78, 5) is 30.0. The maximum absolute atomic E-state index is 13.1. The van der Waals surface area contributed by atoms with Crippen molar-refractivity contribution in [3.8, 4) is 5.75 Å². The van der Waals surface area contributed by atoms with Gasteiger partial charge in [-0.05, 0) is 18.6 Å². The molecule has 3 rings (SSSR count). The second kappa shape index (κ2) is 7.96. The molecule has 26 heavy (non-hydrogen) atoms. The second-order valence-electron chi connectivity index (χ2n) is 5.69. The molecule has 1 saturated heterocycles. The Morgan fingerprint density at radius 2 is 2.35 bits per heavy atom. The molecular weight excluding hydrogens is 345 g/mol. The van der Waals surface area contributed by atoms with Crippen LogP contribution in [0, 0.1) is 5.82 Å². The van der Waals surface area contributed by atoms with Crippen molar-refractivity contribution in [2.45, 2.75) is 19.1 Å². The van der Waals surface area contributed by atoms with E-state index < -0.39 is 17.8 Å². The third-order valence-corrected chi connectivity index (χ3v) is 3.92. The van der Waals surface area contributed by atoms with Crippen LogP contribution in [0.25, 0.3) is 0 Å². The number of ether oxygens (including phenoxy) is 1. The summed E-state index contributed by atoms with van der Waals surface area (Å²) in [5.74, 6) is -0.732. The van der Waals surface area contributed by atoms with Crippen molar-refractivity contribution in [3.63, 3.8) is 0 Å². The minimum absolute atomic E-state index is 0.0421. The zero-order valence-electron chi connectivity index (χ0n) is 13.9. The average Bonchev–Trinajstić information content (AvgIpc) is 3.10.